The average Bonchev–Trinajstić information content (AvgIpc) is 3.30. The molecule has 2 aliphatic heterocycles. The summed E-state index contributed by atoms with van der Waals surface area (Å²) in [7, 11) is 0. The average molecular weight is 470 g/mol. The van der Waals surface area contributed by atoms with E-state index in [0.29, 0.717) is 24.9 Å². The van der Waals surface area contributed by atoms with E-state index in [-0.39, 0.29) is 19.2 Å². The number of urea groups is 1. The smallest absolute Gasteiger partial charge is 0.321 e. The third kappa shape index (κ3) is 5.97. The lowest BCUT2D eigenvalue weighted by Crippen LogP contribution is -2.36. The minimum atomic E-state index is -0.870. The highest BCUT2D eigenvalue weighted by Gasteiger charge is 2.23. The van der Waals surface area contributed by atoms with Crippen LogP contribution in [0.3, 0.4) is 0 Å². The molecule has 1 aromatic carbocycles. The summed E-state index contributed by atoms with van der Waals surface area (Å²) in [5, 5.41) is 25.1. The second-order valence-electron chi connectivity index (χ2n) is 9.22. The molecular formula is C25H35N5O4. The number of hydrogen-bond acceptors (Lipinski definition) is 7. The summed E-state index contributed by atoms with van der Waals surface area (Å²) < 4.78 is 5.49. The Kier molecular flexibility index (Phi) is 7.87. The maximum atomic E-state index is 12.7. The van der Waals surface area contributed by atoms with Gasteiger partial charge in [0, 0.05) is 38.4 Å². The summed E-state index contributed by atoms with van der Waals surface area (Å²) in [6.45, 7) is 8.44. The molecule has 0 radical (unpaired) electrons. The van der Waals surface area contributed by atoms with Gasteiger partial charge in [-0.1, -0.05) is 13.0 Å². The van der Waals surface area contributed by atoms with Gasteiger partial charge in [-0.05, 0) is 60.2 Å². The van der Waals surface area contributed by atoms with Crippen molar-refractivity contribution in [3.8, 4) is 11.1 Å². The first-order chi connectivity index (χ1) is 16.4. The fourth-order valence-corrected chi connectivity index (χ4v) is 4.34. The van der Waals surface area contributed by atoms with E-state index in [2.05, 4.69) is 28.5 Å². The van der Waals surface area contributed by atoms with Crippen molar-refractivity contribution in [1.82, 2.24) is 9.88 Å². The maximum Gasteiger partial charge on any atom is 0.321 e. The number of anilines is 3. The van der Waals surface area contributed by atoms with Crippen molar-refractivity contribution < 1.29 is 19.7 Å². The van der Waals surface area contributed by atoms with Crippen LogP contribution in [0.2, 0.25) is 0 Å². The van der Waals surface area contributed by atoms with Crippen LogP contribution in [0.1, 0.15) is 18.9 Å². The minimum Gasteiger partial charge on any atom is -0.394 e. The van der Waals surface area contributed by atoms with Crippen LogP contribution < -0.4 is 15.5 Å². The number of benzene rings is 1. The van der Waals surface area contributed by atoms with E-state index in [9.17, 15) is 9.90 Å². The van der Waals surface area contributed by atoms with Crippen LogP contribution >= 0.6 is 0 Å². The largest absolute Gasteiger partial charge is 0.394 e. The molecule has 0 aliphatic carbocycles. The van der Waals surface area contributed by atoms with Crippen molar-refractivity contribution in [1.29, 1.82) is 0 Å². The SMILES string of the molecule is Cc1ccc(NC(=O)N2CC[C@@H](C)C2)cc1-c1cc(NC[C@H](O)CO)nc(N2CCOCC2)c1. The second kappa shape index (κ2) is 11.0. The molecule has 0 unspecified atom stereocenters. The summed E-state index contributed by atoms with van der Waals surface area (Å²) in [6, 6.07) is 9.85. The molecule has 0 bridgehead atoms. The molecule has 2 saturated heterocycles. The number of nitrogens with zero attached hydrogens (tertiary/aromatic N) is 3. The zero-order valence-corrected chi connectivity index (χ0v) is 20.0. The number of aryl methyl sites for hydroxylation is 1. The van der Waals surface area contributed by atoms with Crippen molar-refractivity contribution in [3.63, 3.8) is 0 Å². The zero-order valence-electron chi connectivity index (χ0n) is 20.0. The molecule has 9 nitrogen and oxygen atoms in total. The molecule has 9 heteroatoms. The maximum absolute atomic E-state index is 12.7. The molecule has 1 aromatic heterocycles. The van der Waals surface area contributed by atoms with Gasteiger partial charge in [0.1, 0.15) is 11.6 Å². The number of hydrogen-bond donors (Lipinski definition) is 4. The molecule has 4 N–H and O–H groups in total. The highest BCUT2D eigenvalue weighted by atomic mass is 16.5. The number of likely N-dealkylation sites (tertiary alicyclic amines) is 1. The number of ether oxygens (including phenoxy) is 1. The van der Waals surface area contributed by atoms with Gasteiger partial charge in [-0.2, -0.15) is 0 Å². The highest BCUT2D eigenvalue weighted by Crippen LogP contribution is 2.31. The number of aromatic nitrogens is 1. The normalized spacial score (nSPS) is 19.2. The molecule has 0 saturated carbocycles. The minimum absolute atomic E-state index is 0.0665. The predicted molar refractivity (Wildman–Crippen MR) is 133 cm³/mol. The van der Waals surface area contributed by atoms with Crippen molar-refractivity contribution in [2.75, 3.05) is 68.1 Å². The van der Waals surface area contributed by atoms with E-state index in [0.717, 1.165) is 60.8 Å². The number of nitrogens with one attached hydrogen (secondary N) is 2. The molecule has 2 fully saturated rings. The van der Waals surface area contributed by atoms with E-state index >= 15 is 0 Å². The third-order valence-corrected chi connectivity index (χ3v) is 6.39. The molecule has 4 rings (SSSR count). The first-order valence-electron chi connectivity index (χ1n) is 12.0. The quantitative estimate of drug-likeness (QED) is 0.493. The molecule has 184 valence electrons. The Morgan fingerprint density at radius 1 is 1.24 bits per heavy atom. The van der Waals surface area contributed by atoms with Gasteiger partial charge in [0.25, 0.3) is 0 Å². The van der Waals surface area contributed by atoms with Gasteiger partial charge in [0.05, 0.1) is 25.9 Å². The van der Waals surface area contributed by atoms with E-state index in [4.69, 9.17) is 14.8 Å². The fraction of sp³-hybridized carbons (Fsp3) is 0.520. The number of aliphatic hydroxyl groups excluding tert-OH is 2. The summed E-state index contributed by atoms with van der Waals surface area (Å²) in [4.78, 5) is 21.5. The fourth-order valence-electron chi connectivity index (χ4n) is 4.34. The summed E-state index contributed by atoms with van der Waals surface area (Å²) in [6.07, 6.45) is 0.167. The van der Waals surface area contributed by atoms with Crippen LogP contribution in [0.15, 0.2) is 30.3 Å². The first kappa shape index (κ1) is 24.3. The van der Waals surface area contributed by atoms with Crippen LogP contribution in [0.4, 0.5) is 22.1 Å². The molecule has 2 aromatic rings. The molecule has 3 heterocycles. The Hall–Kier alpha value is -2.88. The molecule has 0 spiro atoms. The Bertz CT molecular complexity index is 995. The number of carbonyl (C=O) groups is 1. The van der Waals surface area contributed by atoms with Gasteiger partial charge in [-0.25, -0.2) is 9.78 Å². The number of aliphatic hydroxyl groups is 2. The Morgan fingerprint density at radius 2 is 2.03 bits per heavy atom. The summed E-state index contributed by atoms with van der Waals surface area (Å²) in [5.41, 5.74) is 3.78. The van der Waals surface area contributed by atoms with Crippen molar-refractivity contribution >= 4 is 23.4 Å². The van der Waals surface area contributed by atoms with Gasteiger partial charge in [0.15, 0.2) is 0 Å². The number of carbonyl (C=O) groups excluding carboxylic acids is 1. The Balaban J connectivity index is 1.61. The lowest BCUT2D eigenvalue weighted by Gasteiger charge is -2.28. The Morgan fingerprint density at radius 3 is 2.74 bits per heavy atom. The van der Waals surface area contributed by atoms with Gasteiger partial charge in [-0.15, -0.1) is 0 Å². The monoisotopic (exact) mass is 469 g/mol. The molecule has 2 atom stereocenters. The topological polar surface area (TPSA) is 110 Å². The van der Waals surface area contributed by atoms with Crippen molar-refractivity contribution in [2.45, 2.75) is 26.4 Å². The van der Waals surface area contributed by atoms with Crippen molar-refractivity contribution in [2.24, 2.45) is 5.92 Å². The Labute approximate surface area is 200 Å². The number of rotatable bonds is 7. The van der Waals surface area contributed by atoms with E-state index < -0.39 is 6.10 Å². The van der Waals surface area contributed by atoms with E-state index in [1.54, 1.807) is 0 Å². The number of amides is 2. The van der Waals surface area contributed by atoms with Crippen LogP contribution in [0.5, 0.6) is 0 Å². The molecule has 2 amide bonds. The van der Waals surface area contributed by atoms with Crippen LogP contribution in [0.25, 0.3) is 11.1 Å². The third-order valence-electron chi connectivity index (χ3n) is 6.39. The van der Waals surface area contributed by atoms with Crippen molar-refractivity contribution in [3.05, 3.63) is 35.9 Å². The van der Waals surface area contributed by atoms with Gasteiger partial charge >= 0.3 is 6.03 Å². The summed E-state index contributed by atoms with van der Waals surface area (Å²) >= 11 is 0. The van der Waals surface area contributed by atoms with Crippen LogP contribution in [-0.4, -0.2) is 84.8 Å². The van der Waals surface area contributed by atoms with Crippen LogP contribution in [-0.2, 0) is 4.74 Å². The number of pyridine rings is 1. The summed E-state index contributed by atoms with van der Waals surface area (Å²) in [5.74, 6) is 1.97. The van der Waals surface area contributed by atoms with E-state index in [1.165, 1.54) is 0 Å². The van der Waals surface area contributed by atoms with E-state index in [1.807, 2.05) is 36.1 Å². The van der Waals surface area contributed by atoms with Crippen LogP contribution in [0, 0.1) is 12.8 Å². The first-order valence-corrected chi connectivity index (χ1v) is 12.0. The van der Waals surface area contributed by atoms with Gasteiger partial charge < -0.3 is 35.4 Å². The zero-order chi connectivity index (χ0) is 24.1. The molecule has 34 heavy (non-hydrogen) atoms. The lowest BCUT2D eigenvalue weighted by atomic mass is 10.00. The predicted octanol–water partition coefficient (Wildman–Crippen LogP) is 2.53. The second-order valence-corrected chi connectivity index (χ2v) is 9.22. The van der Waals surface area contributed by atoms with Gasteiger partial charge in [-0.3, -0.25) is 0 Å². The lowest BCUT2D eigenvalue weighted by molar-refractivity contribution is 0.105. The molecule has 2 aliphatic rings. The van der Waals surface area contributed by atoms with Gasteiger partial charge in [0.2, 0.25) is 0 Å². The molecular weight excluding hydrogens is 434 g/mol. The number of morpholine rings is 1. The highest BCUT2D eigenvalue weighted by molar-refractivity contribution is 5.91. The standard InChI is InChI=1S/C25H35N5O4/c1-17-5-6-30(15-17)25(33)27-20-4-3-18(2)22(13-20)19-11-23(26-14-21(32)16-31)28-24(12-19)29-7-9-34-10-8-29/h3-4,11-13,17,21,31-32H,5-10,14-16H2,1-2H3,(H,26,28)(H,27,33)/t17-,21+/m1/s1.